The summed E-state index contributed by atoms with van der Waals surface area (Å²) in [4.78, 5) is 4.48. The molecule has 3 aromatic carbocycles. The Morgan fingerprint density at radius 2 is 1.62 bits per heavy atom. The van der Waals surface area contributed by atoms with Gasteiger partial charge in [-0.15, -0.1) is 0 Å². The molecule has 2 N–H and O–H groups in total. The first-order chi connectivity index (χ1) is 11.8. The van der Waals surface area contributed by atoms with Crippen molar-refractivity contribution in [3.05, 3.63) is 84.7 Å². The summed E-state index contributed by atoms with van der Waals surface area (Å²) in [5, 5.41) is 12.8. The van der Waals surface area contributed by atoms with Crippen molar-refractivity contribution in [2.45, 2.75) is 6.54 Å². The zero-order valence-corrected chi connectivity index (χ0v) is 13.1. The monoisotopic (exact) mass is 315 g/mol. The van der Waals surface area contributed by atoms with Crippen LogP contribution in [-0.4, -0.2) is 14.7 Å². The van der Waals surface area contributed by atoms with Crippen LogP contribution in [-0.2, 0) is 6.54 Å². The van der Waals surface area contributed by atoms with Gasteiger partial charge in [0.05, 0.1) is 16.7 Å². The molecule has 0 spiro atoms. The second-order valence-corrected chi connectivity index (χ2v) is 5.63. The summed E-state index contributed by atoms with van der Waals surface area (Å²) in [7, 11) is 0. The van der Waals surface area contributed by atoms with Gasteiger partial charge in [-0.05, 0) is 48.0 Å². The number of aromatic nitrogens is 2. The number of anilines is 1. The SMILES string of the molecule is Oc1ccc(NCc2ccccc2-n2cnc3ccccc32)cc1. The normalized spacial score (nSPS) is 10.8. The summed E-state index contributed by atoms with van der Waals surface area (Å²) in [5.41, 5.74) is 5.33. The summed E-state index contributed by atoms with van der Waals surface area (Å²) in [6.45, 7) is 0.688. The first-order valence-corrected chi connectivity index (χ1v) is 7.84. The van der Waals surface area contributed by atoms with Crippen LogP contribution < -0.4 is 5.32 Å². The van der Waals surface area contributed by atoms with Gasteiger partial charge >= 0.3 is 0 Å². The molecule has 24 heavy (non-hydrogen) atoms. The number of nitrogens with one attached hydrogen (secondary N) is 1. The molecule has 0 aliphatic heterocycles. The molecule has 0 aliphatic rings. The fourth-order valence-corrected chi connectivity index (χ4v) is 2.82. The van der Waals surface area contributed by atoms with Gasteiger partial charge < -0.3 is 10.4 Å². The number of hydrogen-bond acceptors (Lipinski definition) is 3. The molecular weight excluding hydrogens is 298 g/mol. The van der Waals surface area contributed by atoms with E-state index in [9.17, 15) is 5.11 Å². The summed E-state index contributed by atoms with van der Waals surface area (Å²) >= 11 is 0. The quantitative estimate of drug-likeness (QED) is 0.551. The molecule has 4 nitrogen and oxygen atoms in total. The highest BCUT2D eigenvalue weighted by Crippen LogP contribution is 2.22. The average Bonchev–Trinajstić information content (AvgIpc) is 3.05. The number of imidazole rings is 1. The zero-order chi connectivity index (χ0) is 16.4. The number of nitrogens with zero attached hydrogens (tertiary/aromatic N) is 2. The number of para-hydroxylation sites is 3. The lowest BCUT2D eigenvalue weighted by Crippen LogP contribution is -2.04. The predicted molar refractivity (Wildman–Crippen MR) is 96.5 cm³/mol. The van der Waals surface area contributed by atoms with Crippen LogP contribution in [0.1, 0.15) is 5.56 Å². The van der Waals surface area contributed by atoms with Crippen LogP contribution in [0.4, 0.5) is 5.69 Å². The minimum atomic E-state index is 0.269. The van der Waals surface area contributed by atoms with Crippen molar-refractivity contribution in [1.29, 1.82) is 0 Å². The van der Waals surface area contributed by atoms with Crippen molar-refractivity contribution >= 4 is 16.7 Å². The van der Waals surface area contributed by atoms with Crippen LogP contribution in [0, 0.1) is 0 Å². The maximum absolute atomic E-state index is 9.37. The number of phenolic OH excluding ortho intramolecular Hbond substituents is 1. The largest absolute Gasteiger partial charge is 0.508 e. The van der Waals surface area contributed by atoms with Gasteiger partial charge in [-0.2, -0.15) is 0 Å². The first kappa shape index (κ1) is 14.3. The summed E-state index contributed by atoms with van der Waals surface area (Å²) < 4.78 is 2.11. The Bertz CT molecular complexity index is 974. The van der Waals surface area contributed by atoms with E-state index in [0.717, 1.165) is 22.4 Å². The van der Waals surface area contributed by atoms with Crippen LogP contribution in [0.2, 0.25) is 0 Å². The third kappa shape index (κ3) is 2.70. The summed E-state index contributed by atoms with van der Waals surface area (Å²) in [5.74, 6) is 0.269. The van der Waals surface area contributed by atoms with Crippen molar-refractivity contribution in [2.75, 3.05) is 5.32 Å². The number of phenols is 1. The van der Waals surface area contributed by atoms with Crippen molar-refractivity contribution < 1.29 is 5.11 Å². The Labute approximate surface area is 140 Å². The first-order valence-electron chi connectivity index (χ1n) is 7.84. The van der Waals surface area contributed by atoms with E-state index in [0.29, 0.717) is 6.54 Å². The molecule has 118 valence electrons. The molecule has 1 heterocycles. The number of hydrogen-bond donors (Lipinski definition) is 2. The minimum absolute atomic E-state index is 0.269. The lowest BCUT2D eigenvalue weighted by atomic mass is 10.1. The van der Waals surface area contributed by atoms with E-state index >= 15 is 0 Å². The van der Waals surface area contributed by atoms with E-state index in [-0.39, 0.29) is 5.75 Å². The molecule has 0 unspecified atom stereocenters. The van der Waals surface area contributed by atoms with Crippen molar-refractivity contribution in [3.63, 3.8) is 0 Å². The maximum Gasteiger partial charge on any atom is 0.115 e. The highest BCUT2D eigenvalue weighted by molar-refractivity contribution is 5.77. The number of rotatable bonds is 4. The molecule has 0 radical (unpaired) electrons. The van der Waals surface area contributed by atoms with E-state index in [4.69, 9.17) is 0 Å². The Morgan fingerprint density at radius 3 is 2.50 bits per heavy atom. The van der Waals surface area contributed by atoms with Gasteiger partial charge in [0, 0.05) is 12.2 Å². The smallest absolute Gasteiger partial charge is 0.115 e. The molecule has 0 atom stereocenters. The predicted octanol–water partition coefficient (Wildman–Crippen LogP) is 4.34. The topological polar surface area (TPSA) is 50.1 Å². The van der Waals surface area contributed by atoms with Gasteiger partial charge in [-0.3, -0.25) is 4.57 Å². The van der Waals surface area contributed by atoms with E-state index in [2.05, 4.69) is 33.1 Å². The maximum atomic E-state index is 9.37. The Morgan fingerprint density at radius 1 is 0.875 bits per heavy atom. The van der Waals surface area contributed by atoms with E-state index in [1.165, 1.54) is 5.56 Å². The molecule has 0 aliphatic carbocycles. The van der Waals surface area contributed by atoms with Gasteiger partial charge in [-0.25, -0.2) is 4.98 Å². The third-order valence-electron chi connectivity index (χ3n) is 4.05. The van der Waals surface area contributed by atoms with Gasteiger partial charge in [0.1, 0.15) is 12.1 Å². The molecule has 0 saturated heterocycles. The lowest BCUT2D eigenvalue weighted by Gasteiger charge is -2.13. The van der Waals surface area contributed by atoms with E-state index in [1.807, 2.05) is 48.8 Å². The molecule has 0 amide bonds. The molecule has 0 saturated carbocycles. The standard InChI is InChI=1S/C20H17N3O/c24-17-11-9-16(10-12-17)21-13-15-5-1-3-7-19(15)23-14-22-18-6-2-4-8-20(18)23/h1-12,14,21,24H,13H2. The van der Waals surface area contributed by atoms with Crippen molar-refractivity contribution in [1.82, 2.24) is 9.55 Å². The fraction of sp³-hybridized carbons (Fsp3) is 0.0500. The Kier molecular flexibility index (Phi) is 3.63. The van der Waals surface area contributed by atoms with Gasteiger partial charge in [0.15, 0.2) is 0 Å². The molecule has 0 bridgehead atoms. The second kappa shape index (κ2) is 6.08. The molecule has 4 heteroatoms. The van der Waals surface area contributed by atoms with Crippen molar-refractivity contribution in [3.8, 4) is 11.4 Å². The molecule has 4 aromatic rings. The van der Waals surface area contributed by atoms with Crippen molar-refractivity contribution in [2.24, 2.45) is 0 Å². The minimum Gasteiger partial charge on any atom is -0.508 e. The average molecular weight is 315 g/mol. The molecule has 0 fully saturated rings. The Hall–Kier alpha value is -3.27. The molecular formula is C20H17N3O. The second-order valence-electron chi connectivity index (χ2n) is 5.63. The van der Waals surface area contributed by atoms with Crippen LogP contribution in [0.15, 0.2) is 79.1 Å². The number of fused-ring (bicyclic) bond motifs is 1. The zero-order valence-electron chi connectivity index (χ0n) is 13.1. The van der Waals surface area contributed by atoms with E-state index in [1.54, 1.807) is 12.1 Å². The number of aromatic hydroxyl groups is 1. The van der Waals surface area contributed by atoms with Crippen LogP contribution >= 0.6 is 0 Å². The number of benzene rings is 3. The third-order valence-corrected chi connectivity index (χ3v) is 4.05. The van der Waals surface area contributed by atoms with Crippen LogP contribution in [0.3, 0.4) is 0 Å². The van der Waals surface area contributed by atoms with Crippen LogP contribution in [0.5, 0.6) is 5.75 Å². The lowest BCUT2D eigenvalue weighted by molar-refractivity contribution is 0.475. The fourth-order valence-electron chi connectivity index (χ4n) is 2.82. The highest BCUT2D eigenvalue weighted by atomic mass is 16.3. The van der Waals surface area contributed by atoms with Gasteiger partial charge in [0.2, 0.25) is 0 Å². The van der Waals surface area contributed by atoms with Crippen LogP contribution in [0.25, 0.3) is 16.7 Å². The summed E-state index contributed by atoms with van der Waals surface area (Å²) in [6.07, 6.45) is 1.87. The summed E-state index contributed by atoms with van der Waals surface area (Å²) in [6, 6.07) is 23.5. The Balaban J connectivity index is 1.66. The van der Waals surface area contributed by atoms with Gasteiger partial charge in [-0.1, -0.05) is 30.3 Å². The van der Waals surface area contributed by atoms with Gasteiger partial charge in [0.25, 0.3) is 0 Å². The molecule has 1 aromatic heterocycles. The van der Waals surface area contributed by atoms with E-state index < -0.39 is 0 Å². The highest BCUT2D eigenvalue weighted by Gasteiger charge is 2.08. The molecule has 4 rings (SSSR count).